The zero-order valence-electron chi connectivity index (χ0n) is 23.6. The molecule has 9 nitrogen and oxygen atoms in total. The lowest BCUT2D eigenvalue weighted by atomic mass is 9.93. The quantitative estimate of drug-likeness (QED) is 0.262. The standard InChI is InChI=1S/C26H40BNO8Si2/c1-15(2)37(16(3)4)33-13-21-22(35-38(36-37,17(5)6)18(7)8)23(24(27)34-21)31-14-32-28-25(29)19-11-9-10-12-20(19)26(28)30/h9-12,15-18,21-24H,13-14H2,1-8H3/t21-,22?,23?,24-/m1/s1. The van der Waals surface area contributed by atoms with Crippen molar-refractivity contribution in [2.45, 2.75) is 102 Å². The van der Waals surface area contributed by atoms with Crippen molar-refractivity contribution in [2.24, 2.45) is 0 Å². The van der Waals surface area contributed by atoms with Crippen molar-refractivity contribution in [3.05, 3.63) is 35.4 Å². The number of carbonyl (C=O) groups excluding carboxylic acids is 2. The maximum Gasteiger partial charge on any atom is 0.335 e. The molecule has 2 amide bonds. The second kappa shape index (κ2) is 11.2. The number of amides is 2. The minimum atomic E-state index is -2.91. The zero-order valence-corrected chi connectivity index (χ0v) is 25.6. The van der Waals surface area contributed by atoms with Gasteiger partial charge in [-0.25, -0.2) is 4.84 Å². The van der Waals surface area contributed by atoms with Crippen LogP contribution in [0.2, 0.25) is 22.2 Å². The summed E-state index contributed by atoms with van der Waals surface area (Å²) < 4.78 is 33.1. The zero-order chi connectivity index (χ0) is 28.0. The molecule has 38 heavy (non-hydrogen) atoms. The molecule has 0 bridgehead atoms. The van der Waals surface area contributed by atoms with E-state index in [9.17, 15) is 9.59 Å². The SMILES string of the molecule is [B][C@@H]1O[C@@H]2CO[Si](C(C)C)(C(C)C)O[Si](C(C)C)(C(C)C)OC2C1OCON1C(=O)c2ccccc2C1=O. The van der Waals surface area contributed by atoms with Crippen molar-refractivity contribution in [3.63, 3.8) is 0 Å². The molecule has 0 aliphatic carbocycles. The minimum Gasteiger partial charge on any atom is -0.414 e. The number of ether oxygens (including phenoxy) is 2. The van der Waals surface area contributed by atoms with E-state index in [1.165, 1.54) is 0 Å². The maximum atomic E-state index is 12.6. The van der Waals surface area contributed by atoms with E-state index >= 15 is 0 Å². The van der Waals surface area contributed by atoms with Gasteiger partial charge in [0, 0.05) is 6.00 Å². The first kappa shape index (κ1) is 29.6. The summed E-state index contributed by atoms with van der Waals surface area (Å²) in [4.78, 5) is 30.8. The predicted molar refractivity (Wildman–Crippen MR) is 146 cm³/mol. The van der Waals surface area contributed by atoms with Crippen molar-refractivity contribution in [2.75, 3.05) is 13.4 Å². The molecular formula is C26H40BNO8Si2. The summed E-state index contributed by atoms with van der Waals surface area (Å²) >= 11 is 0. The highest BCUT2D eigenvalue weighted by molar-refractivity contribution is 6.84. The largest absolute Gasteiger partial charge is 0.414 e. The van der Waals surface area contributed by atoms with Crippen LogP contribution in [0.5, 0.6) is 0 Å². The lowest BCUT2D eigenvalue weighted by Crippen LogP contribution is -2.66. The van der Waals surface area contributed by atoms with Crippen LogP contribution in [0.3, 0.4) is 0 Å². The van der Waals surface area contributed by atoms with E-state index in [2.05, 4.69) is 55.4 Å². The Balaban J connectivity index is 1.55. The Hall–Kier alpha value is -1.38. The Morgan fingerprint density at radius 1 is 0.921 bits per heavy atom. The van der Waals surface area contributed by atoms with Crippen LogP contribution < -0.4 is 0 Å². The number of nitrogens with zero attached hydrogens (tertiary/aromatic N) is 1. The normalized spacial score (nSPS) is 28.8. The first-order valence-electron chi connectivity index (χ1n) is 13.5. The van der Waals surface area contributed by atoms with Crippen LogP contribution in [0.1, 0.15) is 76.1 Å². The Morgan fingerprint density at radius 3 is 1.95 bits per heavy atom. The van der Waals surface area contributed by atoms with Gasteiger partial charge in [-0.3, -0.25) is 9.59 Å². The van der Waals surface area contributed by atoms with E-state index in [-0.39, 0.29) is 35.6 Å². The smallest absolute Gasteiger partial charge is 0.335 e. The van der Waals surface area contributed by atoms with Crippen molar-refractivity contribution < 1.29 is 36.9 Å². The molecule has 2 saturated heterocycles. The number of rotatable bonds is 8. The summed E-state index contributed by atoms with van der Waals surface area (Å²) in [6.07, 6.45) is -1.72. The number of benzene rings is 1. The van der Waals surface area contributed by atoms with Gasteiger partial charge in [-0.2, -0.15) is 0 Å². The maximum absolute atomic E-state index is 12.6. The highest BCUT2D eigenvalue weighted by Crippen LogP contribution is 2.47. The fraction of sp³-hybridized carbons (Fsp3) is 0.692. The number of imide groups is 1. The van der Waals surface area contributed by atoms with Gasteiger partial charge in [0.05, 0.1) is 17.7 Å². The third-order valence-corrected chi connectivity index (χ3v) is 18.1. The van der Waals surface area contributed by atoms with Crippen LogP contribution in [-0.2, 0) is 27.3 Å². The van der Waals surface area contributed by atoms with Crippen LogP contribution in [0, 0.1) is 0 Å². The summed E-state index contributed by atoms with van der Waals surface area (Å²) in [5.41, 5.74) is 1.26. The number of hydrogen-bond acceptors (Lipinski definition) is 8. The second-order valence-corrected chi connectivity index (χ2v) is 20.4. The van der Waals surface area contributed by atoms with Crippen molar-refractivity contribution in [1.29, 1.82) is 0 Å². The molecule has 12 heteroatoms. The van der Waals surface area contributed by atoms with Gasteiger partial charge in [-0.05, 0) is 34.3 Å². The highest BCUT2D eigenvalue weighted by Gasteiger charge is 2.61. The molecule has 3 aliphatic rings. The van der Waals surface area contributed by atoms with Gasteiger partial charge >= 0.3 is 17.1 Å². The third kappa shape index (κ3) is 4.98. The molecule has 1 aromatic carbocycles. The number of fused-ring (bicyclic) bond motifs is 2. The molecule has 2 radical (unpaired) electrons. The fourth-order valence-electron chi connectivity index (χ4n) is 5.81. The summed E-state index contributed by atoms with van der Waals surface area (Å²) in [5, 5.41) is 0.723. The highest BCUT2D eigenvalue weighted by atomic mass is 28.5. The van der Waals surface area contributed by atoms with Crippen molar-refractivity contribution in [1.82, 2.24) is 5.06 Å². The van der Waals surface area contributed by atoms with Crippen LogP contribution in [0.4, 0.5) is 0 Å². The average Bonchev–Trinajstić information content (AvgIpc) is 3.26. The van der Waals surface area contributed by atoms with Crippen LogP contribution >= 0.6 is 0 Å². The Bertz CT molecular complexity index is 987. The minimum absolute atomic E-state index is 0.126. The summed E-state index contributed by atoms with van der Waals surface area (Å²) in [5.74, 6) is -1.06. The van der Waals surface area contributed by atoms with Gasteiger partial charge in [-0.1, -0.05) is 67.5 Å². The predicted octanol–water partition coefficient (Wildman–Crippen LogP) is 4.41. The van der Waals surface area contributed by atoms with E-state index in [4.69, 9.17) is 35.1 Å². The summed E-state index contributed by atoms with van der Waals surface area (Å²) in [7, 11) is 0.775. The fourth-order valence-corrected chi connectivity index (χ4v) is 17.0. The molecule has 0 spiro atoms. The Labute approximate surface area is 229 Å². The van der Waals surface area contributed by atoms with Crippen molar-refractivity contribution in [3.8, 4) is 0 Å². The lowest BCUT2D eigenvalue weighted by Gasteiger charge is -2.51. The van der Waals surface area contributed by atoms with E-state index < -0.39 is 53.3 Å². The third-order valence-electron chi connectivity index (χ3n) is 7.88. The van der Waals surface area contributed by atoms with E-state index in [1.807, 2.05) is 0 Å². The summed E-state index contributed by atoms with van der Waals surface area (Å²) in [6, 6.07) is 5.77. The number of hydrogen-bond donors (Lipinski definition) is 0. The second-order valence-electron chi connectivity index (χ2n) is 11.5. The molecule has 0 N–H and O–H groups in total. The molecule has 3 heterocycles. The van der Waals surface area contributed by atoms with Gasteiger partial charge < -0.3 is 22.4 Å². The molecule has 0 aromatic heterocycles. The van der Waals surface area contributed by atoms with Gasteiger partial charge in [0.25, 0.3) is 11.8 Å². The molecule has 2 unspecified atom stereocenters. The molecule has 0 saturated carbocycles. The average molecular weight is 562 g/mol. The lowest BCUT2D eigenvalue weighted by molar-refractivity contribution is -0.195. The van der Waals surface area contributed by atoms with Gasteiger partial charge in [0.1, 0.15) is 26.2 Å². The molecular weight excluding hydrogens is 521 g/mol. The monoisotopic (exact) mass is 561 g/mol. The van der Waals surface area contributed by atoms with Crippen LogP contribution in [0.25, 0.3) is 0 Å². The van der Waals surface area contributed by atoms with Crippen molar-refractivity contribution >= 4 is 36.8 Å². The van der Waals surface area contributed by atoms with E-state index in [0.717, 1.165) is 5.06 Å². The van der Waals surface area contributed by atoms with Crippen LogP contribution in [-0.4, -0.2) is 79.6 Å². The van der Waals surface area contributed by atoms with E-state index in [1.54, 1.807) is 24.3 Å². The molecule has 4 atom stereocenters. The molecule has 208 valence electrons. The molecule has 1 aromatic rings. The molecule has 3 aliphatic heterocycles. The Morgan fingerprint density at radius 2 is 1.45 bits per heavy atom. The molecule has 4 rings (SSSR count). The topological polar surface area (TPSA) is 92.8 Å². The first-order valence-corrected chi connectivity index (χ1v) is 17.4. The Kier molecular flexibility index (Phi) is 8.76. The number of hydroxylamine groups is 2. The van der Waals surface area contributed by atoms with Gasteiger partial charge in [0.2, 0.25) is 0 Å². The van der Waals surface area contributed by atoms with Crippen LogP contribution in [0.15, 0.2) is 24.3 Å². The number of carbonyl (C=O) groups is 2. The first-order chi connectivity index (χ1) is 17.9. The van der Waals surface area contributed by atoms with E-state index in [0.29, 0.717) is 11.1 Å². The summed E-state index contributed by atoms with van der Waals surface area (Å²) in [6.45, 7) is 17.1. The molecule has 2 fully saturated rings. The van der Waals surface area contributed by atoms with Gasteiger partial charge in [-0.15, -0.1) is 5.06 Å². The van der Waals surface area contributed by atoms with Gasteiger partial charge in [0.15, 0.2) is 6.79 Å².